The highest BCUT2D eigenvalue weighted by Gasteiger charge is 2.32. The maximum Gasteiger partial charge on any atom is 0.410 e. The number of hydrogen-bond donors (Lipinski definition) is 1. The van der Waals surface area contributed by atoms with Crippen LogP contribution in [0, 0.1) is 6.92 Å². The van der Waals surface area contributed by atoms with Crippen molar-refractivity contribution >= 4 is 35.2 Å². The lowest BCUT2D eigenvalue weighted by atomic mass is 9.93. The SMILES string of the molecule is CCCN(CC)C(=O)OC(C)(C)C.Cc1nc2c(c(-c3ccc(Cl)cc3Cl)c1CO)C(=O)N(C)C2. The summed E-state index contributed by atoms with van der Waals surface area (Å²) in [6.07, 6.45) is 0.754. The topological polar surface area (TPSA) is 83.0 Å². The molecule has 0 spiro atoms. The number of aromatic nitrogens is 1. The van der Waals surface area contributed by atoms with Crippen LogP contribution in [0.3, 0.4) is 0 Å². The number of hydrogen-bond acceptors (Lipinski definition) is 5. The number of carbonyl (C=O) groups excluding carboxylic acids is 2. The van der Waals surface area contributed by atoms with Gasteiger partial charge < -0.3 is 19.6 Å². The van der Waals surface area contributed by atoms with Crippen molar-refractivity contribution in [3.63, 3.8) is 0 Å². The zero-order chi connectivity index (χ0) is 26.5. The van der Waals surface area contributed by atoms with E-state index in [1.54, 1.807) is 35.0 Å². The van der Waals surface area contributed by atoms with Crippen LogP contribution in [0.15, 0.2) is 18.2 Å². The fourth-order valence-corrected chi connectivity index (χ4v) is 4.29. The molecule has 0 radical (unpaired) electrons. The Morgan fingerprint density at radius 3 is 2.40 bits per heavy atom. The lowest BCUT2D eigenvalue weighted by Gasteiger charge is -2.26. The van der Waals surface area contributed by atoms with Gasteiger partial charge in [-0.25, -0.2) is 4.79 Å². The molecule has 0 fully saturated rings. The van der Waals surface area contributed by atoms with Crippen LogP contribution in [0.2, 0.25) is 10.0 Å². The van der Waals surface area contributed by atoms with Crippen LogP contribution < -0.4 is 0 Å². The summed E-state index contributed by atoms with van der Waals surface area (Å²) in [7, 11) is 1.73. The van der Waals surface area contributed by atoms with Gasteiger partial charge in [-0.15, -0.1) is 0 Å². The number of carbonyl (C=O) groups is 2. The maximum atomic E-state index is 12.5. The first-order valence-corrected chi connectivity index (χ1v) is 12.4. The summed E-state index contributed by atoms with van der Waals surface area (Å²) in [4.78, 5) is 31.8. The number of halogens is 2. The van der Waals surface area contributed by atoms with Gasteiger partial charge in [-0.05, 0) is 53.2 Å². The summed E-state index contributed by atoms with van der Waals surface area (Å²) in [5, 5.41) is 10.7. The summed E-state index contributed by atoms with van der Waals surface area (Å²) in [6, 6.07) is 5.12. The van der Waals surface area contributed by atoms with E-state index in [4.69, 9.17) is 27.9 Å². The number of fused-ring (bicyclic) bond motifs is 1. The zero-order valence-corrected chi connectivity index (χ0v) is 23.0. The molecule has 7 nitrogen and oxygen atoms in total. The zero-order valence-electron chi connectivity index (χ0n) is 21.5. The molecule has 1 aliphatic rings. The second kappa shape index (κ2) is 12.1. The first-order valence-electron chi connectivity index (χ1n) is 11.7. The van der Waals surface area contributed by atoms with Crippen molar-refractivity contribution in [3.8, 4) is 11.1 Å². The third-order valence-electron chi connectivity index (χ3n) is 5.41. The van der Waals surface area contributed by atoms with Gasteiger partial charge in [0, 0.05) is 52.6 Å². The van der Waals surface area contributed by atoms with E-state index in [1.165, 1.54) is 0 Å². The molecule has 0 bridgehead atoms. The van der Waals surface area contributed by atoms with Crippen LogP contribution in [0.25, 0.3) is 11.1 Å². The molecule has 0 saturated heterocycles. The Balaban J connectivity index is 0.000000287. The first kappa shape index (κ1) is 28.9. The summed E-state index contributed by atoms with van der Waals surface area (Å²) in [5.41, 5.74) is 3.49. The summed E-state index contributed by atoms with van der Waals surface area (Å²) >= 11 is 12.3. The Morgan fingerprint density at radius 1 is 1.23 bits per heavy atom. The Labute approximate surface area is 218 Å². The molecule has 2 aromatic rings. The molecular weight excluding hydrogens is 489 g/mol. The van der Waals surface area contributed by atoms with Crippen molar-refractivity contribution in [2.45, 2.75) is 66.7 Å². The van der Waals surface area contributed by atoms with Gasteiger partial charge in [-0.2, -0.15) is 0 Å². The predicted octanol–water partition coefficient (Wildman–Crippen LogP) is 6.10. The number of amides is 2. The number of pyridine rings is 1. The third-order valence-corrected chi connectivity index (χ3v) is 5.96. The quantitative estimate of drug-likeness (QED) is 0.512. The number of ether oxygens (including phenoxy) is 1. The van der Waals surface area contributed by atoms with Crippen LogP contribution >= 0.6 is 23.2 Å². The third kappa shape index (κ3) is 7.09. The minimum absolute atomic E-state index is 0.113. The summed E-state index contributed by atoms with van der Waals surface area (Å²) in [5.74, 6) is -0.113. The highest BCUT2D eigenvalue weighted by molar-refractivity contribution is 6.36. The molecule has 1 aromatic heterocycles. The molecule has 0 saturated carbocycles. The van der Waals surface area contributed by atoms with E-state index in [1.807, 2.05) is 41.5 Å². The predicted molar refractivity (Wildman–Crippen MR) is 140 cm³/mol. The molecule has 35 heavy (non-hydrogen) atoms. The van der Waals surface area contributed by atoms with E-state index >= 15 is 0 Å². The Morgan fingerprint density at radius 2 is 1.89 bits per heavy atom. The molecule has 2 amide bonds. The fourth-order valence-electron chi connectivity index (χ4n) is 3.79. The lowest BCUT2D eigenvalue weighted by molar-refractivity contribution is 0.0260. The van der Waals surface area contributed by atoms with Crippen molar-refractivity contribution in [2.24, 2.45) is 0 Å². The van der Waals surface area contributed by atoms with Crippen LogP contribution in [0.5, 0.6) is 0 Å². The van der Waals surface area contributed by atoms with E-state index in [-0.39, 0.29) is 18.6 Å². The standard InChI is InChI=1S/C16H14Cl2N2O2.C10H21NO2/c1-8-11(7-21)14(10-4-3-9(17)5-12(10)18)15-13(19-8)6-20(2)16(15)22;1-6-8-11(7-2)9(12)13-10(3,4)5/h3-5,21H,6-7H2,1-2H3;6-8H2,1-5H3. The van der Waals surface area contributed by atoms with Crippen molar-refractivity contribution in [1.82, 2.24) is 14.8 Å². The van der Waals surface area contributed by atoms with Gasteiger partial charge >= 0.3 is 6.09 Å². The van der Waals surface area contributed by atoms with Crippen molar-refractivity contribution in [3.05, 3.63) is 50.8 Å². The first-order chi connectivity index (χ1) is 16.3. The second-order valence-electron chi connectivity index (χ2n) is 9.38. The number of benzene rings is 1. The van der Waals surface area contributed by atoms with Gasteiger partial charge in [0.25, 0.3) is 5.91 Å². The molecule has 192 valence electrons. The molecule has 0 aliphatic carbocycles. The number of aryl methyl sites for hydroxylation is 1. The molecule has 0 unspecified atom stereocenters. The van der Waals surface area contributed by atoms with E-state index < -0.39 is 5.60 Å². The Kier molecular flexibility index (Phi) is 9.95. The summed E-state index contributed by atoms with van der Waals surface area (Å²) in [6.45, 7) is 13.2. The lowest BCUT2D eigenvalue weighted by Crippen LogP contribution is -2.37. The molecule has 9 heteroatoms. The van der Waals surface area contributed by atoms with Gasteiger partial charge in [0.1, 0.15) is 5.60 Å². The van der Waals surface area contributed by atoms with Crippen LogP contribution in [-0.4, -0.2) is 57.6 Å². The summed E-state index contributed by atoms with van der Waals surface area (Å²) < 4.78 is 5.23. The van der Waals surface area contributed by atoms with Gasteiger partial charge in [0.15, 0.2) is 0 Å². The monoisotopic (exact) mass is 523 g/mol. The molecule has 0 atom stereocenters. The van der Waals surface area contributed by atoms with Crippen LogP contribution in [-0.2, 0) is 17.9 Å². The van der Waals surface area contributed by atoms with Crippen LogP contribution in [0.1, 0.15) is 68.3 Å². The van der Waals surface area contributed by atoms with E-state index in [9.17, 15) is 14.7 Å². The van der Waals surface area contributed by atoms with Gasteiger partial charge in [-0.3, -0.25) is 9.78 Å². The number of aliphatic hydroxyl groups excluding tert-OH is 1. The Hall–Kier alpha value is -2.35. The van der Waals surface area contributed by atoms with E-state index in [0.29, 0.717) is 56.8 Å². The normalized spacial score (nSPS) is 12.7. The van der Waals surface area contributed by atoms with Crippen molar-refractivity contribution < 1.29 is 19.4 Å². The number of nitrogens with zero attached hydrogens (tertiary/aromatic N) is 3. The average molecular weight is 524 g/mol. The molecular formula is C26H35Cl2N3O4. The smallest absolute Gasteiger partial charge is 0.410 e. The highest BCUT2D eigenvalue weighted by atomic mass is 35.5. The van der Waals surface area contributed by atoms with Gasteiger partial charge in [0.05, 0.1) is 24.4 Å². The second-order valence-corrected chi connectivity index (χ2v) is 10.2. The number of aliphatic hydroxyl groups is 1. The van der Waals surface area contributed by atoms with Crippen molar-refractivity contribution in [2.75, 3.05) is 20.1 Å². The largest absolute Gasteiger partial charge is 0.444 e. The highest BCUT2D eigenvalue weighted by Crippen LogP contribution is 2.39. The molecule has 3 rings (SSSR count). The minimum Gasteiger partial charge on any atom is -0.444 e. The van der Waals surface area contributed by atoms with Gasteiger partial charge in [-0.1, -0.05) is 36.2 Å². The Bertz CT molecular complexity index is 1080. The van der Waals surface area contributed by atoms with Crippen LogP contribution in [0.4, 0.5) is 4.79 Å². The van der Waals surface area contributed by atoms with Gasteiger partial charge in [0.2, 0.25) is 0 Å². The maximum absolute atomic E-state index is 12.5. The minimum atomic E-state index is -0.391. The van der Waals surface area contributed by atoms with Crippen molar-refractivity contribution in [1.29, 1.82) is 0 Å². The molecule has 1 aromatic carbocycles. The molecule has 1 N–H and O–H groups in total. The fraction of sp³-hybridized carbons (Fsp3) is 0.500. The van der Waals surface area contributed by atoms with E-state index in [0.717, 1.165) is 13.0 Å². The van der Waals surface area contributed by atoms with E-state index in [2.05, 4.69) is 4.98 Å². The molecule has 2 heterocycles. The average Bonchev–Trinajstić information content (AvgIpc) is 3.03. The molecule has 1 aliphatic heterocycles. The number of rotatable bonds is 5.